The van der Waals surface area contributed by atoms with Crippen molar-refractivity contribution in [2.75, 3.05) is 5.32 Å². The quantitative estimate of drug-likeness (QED) is 0.477. The number of allylic oxidation sites excluding steroid dienone is 2. The minimum absolute atomic E-state index is 0.0819. The van der Waals surface area contributed by atoms with Crippen molar-refractivity contribution >= 4 is 40.5 Å². The molecule has 2 N–H and O–H groups in total. The average Bonchev–Trinajstić information content (AvgIpc) is 2.69. The molecule has 6 nitrogen and oxygen atoms in total. The van der Waals surface area contributed by atoms with E-state index in [1.807, 2.05) is 0 Å². The maximum atomic E-state index is 14.3. The van der Waals surface area contributed by atoms with Gasteiger partial charge in [-0.3, -0.25) is 14.9 Å². The van der Waals surface area contributed by atoms with Gasteiger partial charge in [0.2, 0.25) is 0 Å². The third-order valence-electron chi connectivity index (χ3n) is 4.77. The number of nitrogens with zero attached hydrogens (tertiary/aromatic N) is 1. The highest BCUT2D eigenvalue weighted by Gasteiger charge is 2.61. The molecular weight excluding hydrogens is 460 g/mol. The standard InChI is InChI=1S/C20H13Cl2F3N2O4/c21-12-3-1-11(2-4-12)19(20(23,24)25)10-13(22)9-16(17(19)28)18(29)26-14-5-7-15(8-6-14)27(30)31/h1-10,17,28H,(H,26,29). The maximum absolute atomic E-state index is 14.3. The number of anilines is 1. The normalized spacial score (nSPS) is 21.2. The van der Waals surface area contributed by atoms with Crippen molar-refractivity contribution in [1.29, 1.82) is 0 Å². The fraction of sp³-hybridized carbons (Fsp3) is 0.150. The van der Waals surface area contributed by atoms with Crippen LogP contribution < -0.4 is 5.32 Å². The molecule has 0 spiro atoms. The Kier molecular flexibility index (Phi) is 6.13. The minimum atomic E-state index is -5.02. The number of benzene rings is 2. The Bertz CT molecular complexity index is 1080. The van der Waals surface area contributed by atoms with Gasteiger partial charge in [0.25, 0.3) is 11.6 Å². The van der Waals surface area contributed by atoms with E-state index in [2.05, 4.69) is 5.32 Å². The topological polar surface area (TPSA) is 92.5 Å². The van der Waals surface area contributed by atoms with Crippen LogP contribution in [0, 0.1) is 10.1 Å². The van der Waals surface area contributed by atoms with Gasteiger partial charge in [-0.05, 0) is 42.0 Å². The van der Waals surface area contributed by atoms with Gasteiger partial charge in [-0.2, -0.15) is 13.2 Å². The van der Waals surface area contributed by atoms with Crippen molar-refractivity contribution in [3.63, 3.8) is 0 Å². The Balaban J connectivity index is 2.00. The van der Waals surface area contributed by atoms with Crippen LogP contribution in [0.5, 0.6) is 0 Å². The lowest BCUT2D eigenvalue weighted by atomic mass is 9.69. The van der Waals surface area contributed by atoms with E-state index in [4.69, 9.17) is 23.2 Å². The number of non-ortho nitro benzene ring substituents is 1. The second-order valence-corrected chi connectivity index (χ2v) is 7.54. The first-order valence-corrected chi connectivity index (χ1v) is 9.38. The van der Waals surface area contributed by atoms with Gasteiger partial charge in [-0.25, -0.2) is 0 Å². The number of carbonyl (C=O) groups is 1. The fourth-order valence-electron chi connectivity index (χ4n) is 3.24. The molecule has 11 heteroatoms. The van der Waals surface area contributed by atoms with Crippen molar-refractivity contribution < 1.29 is 28.0 Å². The number of hydrogen-bond acceptors (Lipinski definition) is 4. The molecule has 0 saturated carbocycles. The summed E-state index contributed by atoms with van der Waals surface area (Å²) in [6, 6.07) is 9.29. The molecule has 0 radical (unpaired) electrons. The second-order valence-electron chi connectivity index (χ2n) is 6.66. The molecule has 1 aliphatic carbocycles. The molecule has 3 rings (SSSR count). The highest BCUT2D eigenvalue weighted by atomic mass is 35.5. The third-order valence-corrected chi connectivity index (χ3v) is 5.24. The minimum Gasteiger partial charge on any atom is -0.387 e. The zero-order chi connectivity index (χ0) is 23.0. The highest BCUT2D eigenvalue weighted by Crippen LogP contribution is 2.50. The highest BCUT2D eigenvalue weighted by molar-refractivity contribution is 6.32. The van der Waals surface area contributed by atoms with Crippen LogP contribution in [0.15, 0.2) is 71.3 Å². The molecule has 2 unspecified atom stereocenters. The van der Waals surface area contributed by atoms with E-state index in [1.54, 1.807) is 0 Å². The molecule has 0 aromatic heterocycles. The number of amides is 1. The largest absolute Gasteiger partial charge is 0.404 e. The van der Waals surface area contributed by atoms with Gasteiger partial charge in [0.1, 0.15) is 11.5 Å². The SMILES string of the molecule is O=C(Nc1ccc([N+](=O)[O-])cc1)C1=CC(Cl)=CC(c2ccc(Cl)cc2)(C(F)(F)F)C1O. The van der Waals surface area contributed by atoms with Gasteiger partial charge in [0.15, 0.2) is 0 Å². The van der Waals surface area contributed by atoms with E-state index < -0.39 is 39.1 Å². The molecule has 0 heterocycles. The van der Waals surface area contributed by atoms with Crippen molar-refractivity contribution in [3.8, 4) is 0 Å². The van der Waals surface area contributed by atoms with E-state index in [9.17, 15) is 33.2 Å². The molecule has 2 aromatic rings. The predicted molar refractivity (Wildman–Crippen MR) is 109 cm³/mol. The molecule has 0 aliphatic heterocycles. The first-order chi connectivity index (χ1) is 14.5. The number of nitro groups is 1. The molecule has 1 amide bonds. The van der Waals surface area contributed by atoms with Crippen LogP contribution in [0.3, 0.4) is 0 Å². The summed E-state index contributed by atoms with van der Waals surface area (Å²) in [5.41, 5.74) is -4.13. The number of alkyl halides is 3. The lowest BCUT2D eigenvalue weighted by Crippen LogP contribution is -2.53. The number of carbonyl (C=O) groups excluding carboxylic acids is 1. The predicted octanol–water partition coefficient (Wildman–Crippen LogP) is 5.11. The molecule has 162 valence electrons. The van der Waals surface area contributed by atoms with Crippen LogP contribution >= 0.6 is 23.2 Å². The van der Waals surface area contributed by atoms with E-state index in [0.29, 0.717) is 6.08 Å². The van der Waals surface area contributed by atoms with Crippen molar-refractivity contribution in [1.82, 2.24) is 0 Å². The summed E-state index contributed by atoms with van der Waals surface area (Å²) in [4.78, 5) is 22.8. The average molecular weight is 473 g/mol. The molecule has 1 aliphatic rings. The molecule has 31 heavy (non-hydrogen) atoms. The van der Waals surface area contributed by atoms with E-state index in [1.165, 1.54) is 24.3 Å². The van der Waals surface area contributed by atoms with Crippen molar-refractivity contribution in [2.24, 2.45) is 0 Å². The van der Waals surface area contributed by atoms with Crippen LogP contribution in [-0.2, 0) is 10.2 Å². The second kappa shape index (κ2) is 8.33. The molecular formula is C20H13Cl2F3N2O4. The first kappa shape index (κ1) is 22.8. The summed E-state index contributed by atoms with van der Waals surface area (Å²) in [5, 5.41) is 23.6. The molecule has 2 aromatic carbocycles. The summed E-state index contributed by atoms with van der Waals surface area (Å²) in [6.07, 6.45) is -5.76. The molecule has 0 saturated heterocycles. The van der Waals surface area contributed by atoms with Crippen molar-refractivity contribution in [2.45, 2.75) is 17.7 Å². The van der Waals surface area contributed by atoms with Gasteiger partial charge in [0.05, 0.1) is 4.92 Å². The zero-order valence-corrected chi connectivity index (χ0v) is 16.9. The number of aliphatic hydroxyl groups is 1. The van der Waals surface area contributed by atoms with Crippen LogP contribution in [-0.4, -0.2) is 28.2 Å². The number of aliphatic hydroxyl groups excluding tert-OH is 1. The summed E-state index contributed by atoms with van der Waals surface area (Å²) >= 11 is 11.7. The van der Waals surface area contributed by atoms with Crippen molar-refractivity contribution in [3.05, 3.63) is 92.0 Å². The van der Waals surface area contributed by atoms with Crippen LogP contribution in [0.25, 0.3) is 0 Å². The maximum Gasteiger partial charge on any atom is 0.404 e. The Hall–Kier alpha value is -2.88. The Morgan fingerprint density at radius 2 is 1.68 bits per heavy atom. The zero-order valence-electron chi connectivity index (χ0n) is 15.4. The summed E-state index contributed by atoms with van der Waals surface area (Å²) in [5.74, 6) is -1.05. The monoisotopic (exact) mass is 472 g/mol. The van der Waals surface area contributed by atoms with Crippen LogP contribution in [0.2, 0.25) is 5.02 Å². The summed E-state index contributed by atoms with van der Waals surface area (Å²) < 4.78 is 42.8. The van der Waals surface area contributed by atoms with Crippen LogP contribution in [0.1, 0.15) is 5.56 Å². The number of halogens is 5. The molecule has 0 bridgehead atoms. The third kappa shape index (κ3) is 4.30. The lowest BCUT2D eigenvalue weighted by Gasteiger charge is -2.40. The van der Waals surface area contributed by atoms with Gasteiger partial charge >= 0.3 is 6.18 Å². The first-order valence-electron chi connectivity index (χ1n) is 8.62. The van der Waals surface area contributed by atoms with E-state index >= 15 is 0 Å². The lowest BCUT2D eigenvalue weighted by molar-refractivity contribution is -0.384. The van der Waals surface area contributed by atoms with Gasteiger partial charge in [-0.1, -0.05) is 35.3 Å². The smallest absolute Gasteiger partial charge is 0.387 e. The van der Waals surface area contributed by atoms with Crippen LogP contribution in [0.4, 0.5) is 24.5 Å². The van der Waals surface area contributed by atoms with Gasteiger partial charge in [0, 0.05) is 33.4 Å². The van der Waals surface area contributed by atoms with Gasteiger partial charge < -0.3 is 10.4 Å². The number of hydrogen-bond donors (Lipinski definition) is 2. The Morgan fingerprint density at radius 3 is 2.19 bits per heavy atom. The van der Waals surface area contributed by atoms with E-state index in [0.717, 1.165) is 30.3 Å². The Morgan fingerprint density at radius 1 is 1.10 bits per heavy atom. The number of nitrogens with one attached hydrogen (secondary N) is 1. The Labute approximate surface area is 183 Å². The molecule has 0 fully saturated rings. The number of rotatable bonds is 4. The fourth-order valence-corrected chi connectivity index (χ4v) is 3.65. The van der Waals surface area contributed by atoms with E-state index in [-0.39, 0.29) is 22.0 Å². The number of nitro benzene ring substituents is 1. The summed E-state index contributed by atoms with van der Waals surface area (Å²) in [6.45, 7) is 0. The summed E-state index contributed by atoms with van der Waals surface area (Å²) in [7, 11) is 0. The van der Waals surface area contributed by atoms with Gasteiger partial charge in [-0.15, -0.1) is 0 Å². The molecule has 2 atom stereocenters.